The van der Waals surface area contributed by atoms with Crippen LogP contribution in [-0.4, -0.2) is 36.5 Å². The normalized spacial score (nSPS) is 10.7. The summed E-state index contributed by atoms with van der Waals surface area (Å²) in [5.41, 5.74) is 1.31. The maximum atomic E-state index is 12.2. The van der Waals surface area contributed by atoms with Gasteiger partial charge in [-0.1, -0.05) is 30.8 Å². The highest BCUT2D eigenvalue weighted by Crippen LogP contribution is 2.23. The number of hydrogen-bond acceptors (Lipinski definition) is 6. The molecule has 3 aromatic rings. The molecule has 26 heavy (non-hydrogen) atoms. The van der Waals surface area contributed by atoms with E-state index in [2.05, 4.69) is 27.4 Å². The Labute approximate surface area is 155 Å². The van der Waals surface area contributed by atoms with Crippen LogP contribution >= 0.6 is 11.8 Å². The molecule has 0 saturated heterocycles. The summed E-state index contributed by atoms with van der Waals surface area (Å²) in [5, 5.41) is 21.4. The Hall–Kier alpha value is -2.87. The number of thioether (sulfide) groups is 1. The molecule has 0 unspecified atom stereocenters. The zero-order valence-electron chi connectivity index (χ0n) is 14.3. The van der Waals surface area contributed by atoms with Gasteiger partial charge >= 0.3 is 0 Å². The maximum absolute atomic E-state index is 12.2. The van der Waals surface area contributed by atoms with Crippen molar-refractivity contribution in [2.75, 3.05) is 11.1 Å². The smallest absolute Gasteiger partial charge is 0.234 e. The minimum Gasteiger partial charge on any atom is -0.508 e. The van der Waals surface area contributed by atoms with Gasteiger partial charge in [-0.15, -0.1) is 10.2 Å². The van der Waals surface area contributed by atoms with Gasteiger partial charge in [0, 0.05) is 24.5 Å². The number of carbonyl (C=O) groups is 1. The number of rotatable bonds is 7. The zero-order chi connectivity index (χ0) is 18.4. The predicted octanol–water partition coefficient (Wildman–Crippen LogP) is 3.19. The Kier molecular flexibility index (Phi) is 5.85. The molecule has 134 valence electrons. The van der Waals surface area contributed by atoms with E-state index >= 15 is 0 Å². The first-order valence-electron chi connectivity index (χ1n) is 8.23. The number of phenolic OH excluding ortho intramolecular Hbond substituents is 1. The molecule has 0 bridgehead atoms. The summed E-state index contributed by atoms with van der Waals surface area (Å²) in [5.74, 6) is 0.826. The lowest BCUT2D eigenvalue weighted by atomic mass is 10.3. The number of aromatic hydroxyl groups is 1. The number of carbonyl (C=O) groups excluding carboxylic acids is 1. The number of benzene rings is 1. The van der Waals surface area contributed by atoms with Crippen LogP contribution in [0.3, 0.4) is 0 Å². The highest BCUT2D eigenvalue weighted by Gasteiger charge is 2.16. The van der Waals surface area contributed by atoms with Gasteiger partial charge in [0.1, 0.15) is 11.4 Å². The van der Waals surface area contributed by atoms with E-state index in [-0.39, 0.29) is 17.4 Å². The fraction of sp³-hybridized carbons (Fsp3) is 0.222. The van der Waals surface area contributed by atoms with Crippen LogP contribution in [0.5, 0.6) is 5.75 Å². The van der Waals surface area contributed by atoms with Gasteiger partial charge in [-0.25, -0.2) is 0 Å². The summed E-state index contributed by atoms with van der Waals surface area (Å²) in [6, 6.07) is 12.1. The van der Waals surface area contributed by atoms with E-state index in [1.54, 1.807) is 24.4 Å². The molecule has 3 rings (SSSR count). The lowest BCUT2D eigenvalue weighted by Gasteiger charge is -2.09. The van der Waals surface area contributed by atoms with Crippen LogP contribution in [0.1, 0.15) is 13.3 Å². The van der Waals surface area contributed by atoms with Gasteiger partial charge < -0.3 is 15.0 Å². The summed E-state index contributed by atoms with van der Waals surface area (Å²) in [7, 11) is 0. The van der Waals surface area contributed by atoms with Crippen molar-refractivity contribution in [2.24, 2.45) is 0 Å². The summed E-state index contributed by atoms with van der Waals surface area (Å²) in [6.07, 6.45) is 2.64. The van der Waals surface area contributed by atoms with Crippen LogP contribution in [0, 0.1) is 0 Å². The lowest BCUT2D eigenvalue weighted by Crippen LogP contribution is -2.14. The average molecular weight is 369 g/mol. The molecular weight excluding hydrogens is 350 g/mol. The summed E-state index contributed by atoms with van der Waals surface area (Å²) < 4.78 is 1.98. The Morgan fingerprint density at radius 3 is 2.85 bits per heavy atom. The number of pyridine rings is 1. The molecule has 0 aliphatic heterocycles. The highest BCUT2D eigenvalue weighted by atomic mass is 32.2. The number of nitrogens with zero attached hydrogens (tertiary/aromatic N) is 4. The number of aromatic nitrogens is 4. The highest BCUT2D eigenvalue weighted by molar-refractivity contribution is 7.99. The van der Waals surface area contributed by atoms with E-state index in [1.807, 2.05) is 22.8 Å². The quantitative estimate of drug-likeness (QED) is 0.621. The first kappa shape index (κ1) is 17.9. The van der Waals surface area contributed by atoms with Crippen LogP contribution in [0.4, 0.5) is 5.69 Å². The molecule has 2 aromatic heterocycles. The van der Waals surface area contributed by atoms with Crippen LogP contribution in [-0.2, 0) is 11.3 Å². The fourth-order valence-corrected chi connectivity index (χ4v) is 3.18. The van der Waals surface area contributed by atoms with Crippen LogP contribution in [0.25, 0.3) is 11.5 Å². The standard InChI is InChI=1S/C18H19N5O2S/c1-2-10-23-17(15-8-3-4-9-19-15)21-22-18(23)26-12-16(25)20-13-6-5-7-14(24)11-13/h3-9,11,24H,2,10,12H2,1H3,(H,20,25). The van der Waals surface area contributed by atoms with E-state index in [0.29, 0.717) is 16.7 Å². The summed E-state index contributed by atoms with van der Waals surface area (Å²) >= 11 is 1.32. The average Bonchev–Trinajstić information content (AvgIpc) is 3.04. The third-order valence-electron chi connectivity index (χ3n) is 3.52. The maximum Gasteiger partial charge on any atom is 0.234 e. The summed E-state index contributed by atoms with van der Waals surface area (Å²) in [4.78, 5) is 16.5. The van der Waals surface area contributed by atoms with E-state index in [1.165, 1.54) is 17.8 Å². The van der Waals surface area contributed by atoms with Gasteiger partial charge in [-0.3, -0.25) is 9.78 Å². The minimum atomic E-state index is -0.175. The van der Waals surface area contributed by atoms with Crippen molar-refractivity contribution in [2.45, 2.75) is 25.0 Å². The third kappa shape index (κ3) is 4.40. The molecule has 2 N–H and O–H groups in total. The fourth-order valence-electron chi connectivity index (χ4n) is 2.42. The number of amides is 1. The molecule has 0 radical (unpaired) electrons. The molecule has 1 amide bonds. The second-order valence-corrected chi connectivity index (χ2v) is 6.50. The van der Waals surface area contributed by atoms with Crippen LogP contribution in [0.15, 0.2) is 53.8 Å². The molecule has 0 aliphatic carbocycles. The Morgan fingerprint density at radius 1 is 1.23 bits per heavy atom. The number of phenols is 1. The number of nitrogens with one attached hydrogen (secondary N) is 1. The lowest BCUT2D eigenvalue weighted by molar-refractivity contribution is -0.113. The zero-order valence-corrected chi connectivity index (χ0v) is 15.1. The van der Waals surface area contributed by atoms with Crippen molar-refractivity contribution in [1.29, 1.82) is 0 Å². The molecule has 1 aromatic carbocycles. The Morgan fingerprint density at radius 2 is 2.12 bits per heavy atom. The molecule has 8 heteroatoms. The Bertz CT molecular complexity index is 882. The molecular formula is C18H19N5O2S. The van der Waals surface area contributed by atoms with E-state index < -0.39 is 0 Å². The topological polar surface area (TPSA) is 92.9 Å². The van der Waals surface area contributed by atoms with Crippen molar-refractivity contribution >= 4 is 23.4 Å². The molecule has 0 atom stereocenters. The predicted molar refractivity (Wildman–Crippen MR) is 101 cm³/mol. The van der Waals surface area contributed by atoms with Gasteiger partial charge in [-0.05, 0) is 30.7 Å². The van der Waals surface area contributed by atoms with Crippen molar-refractivity contribution in [1.82, 2.24) is 19.7 Å². The molecule has 0 saturated carbocycles. The van der Waals surface area contributed by atoms with Gasteiger partial charge in [0.2, 0.25) is 5.91 Å². The molecule has 7 nitrogen and oxygen atoms in total. The van der Waals surface area contributed by atoms with Gasteiger partial charge in [0.15, 0.2) is 11.0 Å². The number of anilines is 1. The second-order valence-electron chi connectivity index (χ2n) is 5.56. The van der Waals surface area contributed by atoms with Crippen molar-refractivity contribution < 1.29 is 9.90 Å². The molecule has 0 aliphatic rings. The molecule has 0 fully saturated rings. The summed E-state index contributed by atoms with van der Waals surface area (Å²) in [6.45, 7) is 2.82. The third-order valence-corrected chi connectivity index (χ3v) is 4.49. The first-order valence-corrected chi connectivity index (χ1v) is 9.22. The van der Waals surface area contributed by atoms with Gasteiger partial charge in [0.05, 0.1) is 5.75 Å². The van der Waals surface area contributed by atoms with Crippen LogP contribution in [0.2, 0.25) is 0 Å². The van der Waals surface area contributed by atoms with Crippen molar-refractivity contribution in [3.63, 3.8) is 0 Å². The van der Waals surface area contributed by atoms with Crippen molar-refractivity contribution in [3.05, 3.63) is 48.7 Å². The van der Waals surface area contributed by atoms with Gasteiger partial charge in [-0.2, -0.15) is 0 Å². The molecule has 2 heterocycles. The van der Waals surface area contributed by atoms with E-state index in [9.17, 15) is 9.90 Å². The largest absolute Gasteiger partial charge is 0.508 e. The number of hydrogen-bond donors (Lipinski definition) is 2. The van der Waals surface area contributed by atoms with Crippen molar-refractivity contribution in [3.8, 4) is 17.3 Å². The van der Waals surface area contributed by atoms with Crippen LogP contribution < -0.4 is 5.32 Å². The second kappa shape index (κ2) is 8.48. The Balaban J connectivity index is 1.69. The minimum absolute atomic E-state index is 0.109. The molecule has 0 spiro atoms. The monoisotopic (exact) mass is 369 g/mol. The SMILES string of the molecule is CCCn1c(SCC(=O)Nc2cccc(O)c2)nnc1-c1ccccn1. The van der Waals surface area contributed by atoms with E-state index in [0.717, 1.165) is 18.7 Å². The first-order chi connectivity index (χ1) is 12.7. The van der Waals surface area contributed by atoms with E-state index in [4.69, 9.17) is 0 Å². The van der Waals surface area contributed by atoms with Gasteiger partial charge in [0.25, 0.3) is 0 Å².